The van der Waals surface area contributed by atoms with E-state index in [1.54, 1.807) is 21.2 Å². The fourth-order valence-electron chi connectivity index (χ4n) is 2.55. The van der Waals surface area contributed by atoms with Crippen LogP contribution in [0.4, 0.5) is 0 Å². The number of nitrogens with zero attached hydrogens (tertiary/aromatic N) is 2. The van der Waals surface area contributed by atoms with Crippen molar-refractivity contribution in [1.29, 1.82) is 0 Å². The van der Waals surface area contributed by atoms with E-state index in [2.05, 4.69) is 15.6 Å². The lowest BCUT2D eigenvalue weighted by atomic mass is 10.1. The molecule has 0 aromatic heterocycles. The van der Waals surface area contributed by atoms with Gasteiger partial charge in [-0.25, -0.2) is 4.99 Å². The van der Waals surface area contributed by atoms with Crippen LogP contribution in [0.25, 0.3) is 0 Å². The van der Waals surface area contributed by atoms with Gasteiger partial charge < -0.3 is 25.0 Å². The number of hydrogen-bond donors (Lipinski definition) is 2. The number of benzene rings is 2. The number of carbonyl (C=O) groups is 1. The van der Waals surface area contributed by atoms with Crippen LogP contribution in [0.5, 0.6) is 11.5 Å². The van der Waals surface area contributed by atoms with Crippen LogP contribution in [-0.4, -0.2) is 64.2 Å². The summed E-state index contributed by atoms with van der Waals surface area (Å²) in [5.41, 5.74) is 2.39. The van der Waals surface area contributed by atoms with Crippen molar-refractivity contribution in [3.05, 3.63) is 59.7 Å². The van der Waals surface area contributed by atoms with Crippen LogP contribution >= 0.6 is 0 Å². The summed E-state index contributed by atoms with van der Waals surface area (Å²) >= 11 is 0. The van der Waals surface area contributed by atoms with E-state index in [0.717, 1.165) is 17.9 Å². The first-order valence-corrected chi connectivity index (χ1v) is 10.0. The van der Waals surface area contributed by atoms with Crippen LogP contribution in [0.1, 0.15) is 11.1 Å². The van der Waals surface area contributed by atoms with Gasteiger partial charge in [0.1, 0.15) is 24.7 Å². The van der Waals surface area contributed by atoms with Gasteiger partial charge in [0, 0.05) is 20.6 Å². The van der Waals surface area contributed by atoms with E-state index in [1.807, 2.05) is 55.5 Å². The zero-order valence-corrected chi connectivity index (χ0v) is 18.3. The monoisotopic (exact) mass is 412 g/mol. The number of amides is 1. The molecule has 0 heterocycles. The minimum atomic E-state index is -0.0536. The Morgan fingerprint density at radius 3 is 2.23 bits per heavy atom. The van der Waals surface area contributed by atoms with Crippen LogP contribution in [0, 0.1) is 6.92 Å². The summed E-state index contributed by atoms with van der Waals surface area (Å²) in [5.74, 6) is 2.20. The highest BCUT2D eigenvalue weighted by molar-refractivity contribution is 5.84. The smallest absolute Gasteiger partial charge is 0.243 e. The predicted octanol–water partition coefficient (Wildman–Crippen LogP) is 2.25. The molecule has 2 aromatic carbocycles. The molecule has 7 nitrogen and oxygen atoms in total. The number of nitrogens with one attached hydrogen (secondary N) is 2. The molecular formula is C23H32N4O3. The first kappa shape index (κ1) is 23.1. The molecule has 0 aliphatic carbocycles. The van der Waals surface area contributed by atoms with E-state index in [1.165, 1.54) is 16.0 Å². The van der Waals surface area contributed by atoms with E-state index >= 15 is 0 Å². The number of rotatable bonds is 10. The lowest BCUT2D eigenvalue weighted by molar-refractivity contribution is -0.127. The summed E-state index contributed by atoms with van der Waals surface area (Å²) in [6.45, 7) is 3.87. The van der Waals surface area contributed by atoms with Gasteiger partial charge in [0.05, 0.1) is 13.7 Å². The number of aryl methyl sites for hydroxylation is 1. The van der Waals surface area contributed by atoms with E-state index in [-0.39, 0.29) is 12.5 Å². The Hall–Kier alpha value is -3.22. The zero-order chi connectivity index (χ0) is 21.8. The zero-order valence-electron chi connectivity index (χ0n) is 18.3. The van der Waals surface area contributed by atoms with E-state index in [0.29, 0.717) is 25.7 Å². The molecule has 0 aliphatic heterocycles. The van der Waals surface area contributed by atoms with Crippen molar-refractivity contribution in [1.82, 2.24) is 15.5 Å². The van der Waals surface area contributed by atoms with Gasteiger partial charge in [0.25, 0.3) is 0 Å². The van der Waals surface area contributed by atoms with Gasteiger partial charge >= 0.3 is 0 Å². The molecule has 0 saturated carbocycles. The van der Waals surface area contributed by atoms with Crippen molar-refractivity contribution in [3.63, 3.8) is 0 Å². The number of hydrogen-bond acceptors (Lipinski definition) is 4. The highest BCUT2D eigenvalue weighted by Crippen LogP contribution is 2.11. The predicted molar refractivity (Wildman–Crippen MR) is 120 cm³/mol. The maximum Gasteiger partial charge on any atom is 0.243 e. The molecule has 30 heavy (non-hydrogen) atoms. The minimum Gasteiger partial charge on any atom is -0.497 e. The molecule has 2 N–H and O–H groups in total. The second kappa shape index (κ2) is 12.4. The van der Waals surface area contributed by atoms with Crippen LogP contribution in [0.3, 0.4) is 0 Å². The van der Waals surface area contributed by atoms with Crippen LogP contribution in [-0.2, 0) is 11.2 Å². The average Bonchev–Trinajstić information content (AvgIpc) is 2.75. The van der Waals surface area contributed by atoms with Crippen LogP contribution < -0.4 is 20.1 Å². The molecule has 162 valence electrons. The van der Waals surface area contributed by atoms with Gasteiger partial charge in [0.2, 0.25) is 5.91 Å². The number of aliphatic imine (C=N–C) groups is 1. The molecule has 0 bridgehead atoms. The van der Waals surface area contributed by atoms with Crippen molar-refractivity contribution in [3.8, 4) is 11.5 Å². The standard InChI is InChI=1S/C23H32N4O3/c1-18-5-9-21(10-6-18)30-16-15-25-23(26-17-22(28)27(2)3)24-14-13-19-7-11-20(29-4)12-8-19/h5-12H,13-17H2,1-4H3,(H2,24,25,26). The van der Waals surface area contributed by atoms with Crippen molar-refractivity contribution < 1.29 is 14.3 Å². The highest BCUT2D eigenvalue weighted by atomic mass is 16.5. The third-order valence-electron chi connectivity index (χ3n) is 4.42. The first-order chi connectivity index (χ1) is 14.5. The molecule has 0 spiro atoms. The Kier molecular flexibility index (Phi) is 9.51. The average molecular weight is 413 g/mol. The Balaban J connectivity index is 1.83. The number of likely N-dealkylation sites (N-methyl/N-ethyl adjacent to an activating group) is 1. The van der Waals surface area contributed by atoms with Gasteiger partial charge in [-0.1, -0.05) is 29.8 Å². The fourth-order valence-corrected chi connectivity index (χ4v) is 2.55. The lowest BCUT2D eigenvalue weighted by Crippen LogP contribution is -2.41. The second-order valence-corrected chi connectivity index (χ2v) is 7.07. The quantitative estimate of drug-likeness (QED) is 0.356. The van der Waals surface area contributed by atoms with Crippen LogP contribution in [0.15, 0.2) is 53.5 Å². The number of carbonyl (C=O) groups excluding carboxylic acids is 1. The van der Waals surface area contributed by atoms with Crippen molar-refractivity contribution in [2.24, 2.45) is 4.99 Å². The van der Waals surface area contributed by atoms with Crippen LogP contribution in [0.2, 0.25) is 0 Å². The van der Waals surface area contributed by atoms with Crippen molar-refractivity contribution in [2.45, 2.75) is 13.3 Å². The van der Waals surface area contributed by atoms with Gasteiger partial charge in [-0.3, -0.25) is 4.79 Å². The van der Waals surface area contributed by atoms with E-state index < -0.39 is 0 Å². The third-order valence-corrected chi connectivity index (χ3v) is 4.42. The molecule has 0 radical (unpaired) electrons. The molecule has 0 atom stereocenters. The maximum atomic E-state index is 11.9. The van der Waals surface area contributed by atoms with Crippen molar-refractivity contribution in [2.75, 3.05) is 47.4 Å². The fraction of sp³-hybridized carbons (Fsp3) is 0.391. The third kappa shape index (κ3) is 8.43. The van der Waals surface area contributed by atoms with Crippen molar-refractivity contribution >= 4 is 11.9 Å². The SMILES string of the molecule is COc1ccc(CCNC(=NCC(=O)N(C)C)NCCOc2ccc(C)cc2)cc1. The molecule has 0 saturated heterocycles. The van der Waals surface area contributed by atoms with Gasteiger partial charge in [-0.15, -0.1) is 0 Å². The molecule has 0 fully saturated rings. The second-order valence-electron chi connectivity index (χ2n) is 7.07. The molecule has 0 unspecified atom stereocenters. The van der Waals surface area contributed by atoms with Gasteiger partial charge in [-0.05, 0) is 43.2 Å². The first-order valence-electron chi connectivity index (χ1n) is 10.0. The van der Waals surface area contributed by atoms with Gasteiger partial charge in [0.15, 0.2) is 5.96 Å². The summed E-state index contributed by atoms with van der Waals surface area (Å²) in [4.78, 5) is 17.8. The highest BCUT2D eigenvalue weighted by Gasteiger charge is 2.05. The van der Waals surface area contributed by atoms with E-state index in [4.69, 9.17) is 9.47 Å². The summed E-state index contributed by atoms with van der Waals surface area (Å²) in [7, 11) is 5.09. The minimum absolute atomic E-state index is 0.0536. The van der Waals surface area contributed by atoms with Gasteiger partial charge in [-0.2, -0.15) is 0 Å². The number of ether oxygens (including phenoxy) is 2. The topological polar surface area (TPSA) is 75.2 Å². The molecule has 1 amide bonds. The Labute approximate surface area is 179 Å². The van der Waals surface area contributed by atoms with E-state index in [9.17, 15) is 4.79 Å². The number of guanidine groups is 1. The lowest BCUT2D eigenvalue weighted by Gasteiger charge is -2.14. The summed E-state index contributed by atoms with van der Waals surface area (Å²) in [6.07, 6.45) is 0.826. The summed E-state index contributed by atoms with van der Waals surface area (Å²) < 4.78 is 10.9. The molecule has 7 heteroatoms. The number of methoxy groups -OCH3 is 1. The summed E-state index contributed by atoms with van der Waals surface area (Å²) in [5, 5.41) is 6.50. The molecule has 0 aliphatic rings. The normalized spacial score (nSPS) is 11.0. The Bertz CT molecular complexity index is 802. The Morgan fingerprint density at radius 1 is 0.967 bits per heavy atom. The molecular weight excluding hydrogens is 380 g/mol. The Morgan fingerprint density at radius 2 is 1.60 bits per heavy atom. The maximum absolute atomic E-state index is 11.9. The largest absolute Gasteiger partial charge is 0.497 e. The molecule has 2 rings (SSSR count). The molecule has 2 aromatic rings. The summed E-state index contributed by atoms with van der Waals surface area (Å²) in [6, 6.07) is 15.9.